The Morgan fingerprint density at radius 3 is 2.35 bits per heavy atom. The predicted octanol–water partition coefficient (Wildman–Crippen LogP) is 2.80. The second-order valence-electron chi connectivity index (χ2n) is 4.90. The third-order valence-electron chi connectivity index (χ3n) is 3.49. The van der Waals surface area contributed by atoms with E-state index in [4.69, 9.17) is 4.74 Å². The van der Waals surface area contributed by atoms with Crippen molar-refractivity contribution in [1.29, 1.82) is 0 Å². The quantitative estimate of drug-likeness (QED) is 0.645. The van der Waals surface area contributed by atoms with Crippen molar-refractivity contribution < 1.29 is 23.5 Å². The Morgan fingerprint density at radius 2 is 1.70 bits per heavy atom. The molecular weight excluding hydrogens is 301 g/mol. The molecule has 1 heterocycles. The Labute approximate surface area is 131 Å². The number of nitrogens with zero attached hydrogens (tertiary/aromatic N) is 1. The zero-order valence-corrected chi connectivity index (χ0v) is 12.2. The van der Waals surface area contributed by atoms with Gasteiger partial charge in [0.1, 0.15) is 5.82 Å². The Hall–Kier alpha value is -3.02. The second-order valence-corrected chi connectivity index (χ2v) is 4.90. The number of hydrogen-bond acceptors (Lipinski definition) is 4. The van der Waals surface area contributed by atoms with Gasteiger partial charge >= 0.3 is 5.97 Å². The summed E-state index contributed by atoms with van der Waals surface area (Å²) in [5, 5.41) is 0. The molecule has 0 unspecified atom stereocenters. The first-order valence-corrected chi connectivity index (χ1v) is 6.98. The maximum Gasteiger partial charge on any atom is 0.338 e. The normalized spacial score (nSPS) is 13.2. The van der Waals surface area contributed by atoms with Crippen LogP contribution in [0.5, 0.6) is 0 Å². The van der Waals surface area contributed by atoms with Crippen molar-refractivity contribution in [2.45, 2.75) is 6.92 Å². The predicted molar refractivity (Wildman–Crippen MR) is 79.9 cm³/mol. The number of benzene rings is 2. The van der Waals surface area contributed by atoms with E-state index in [1.165, 1.54) is 30.3 Å². The minimum absolute atomic E-state index is 0.0319. The molecule has 0 aromatic heterocycles. The third-order valence-corrected chi connectivity index (χ3v) is 3.49. The summed E-state index contributed by atoms with van der Waals surface area (Å²) in [4.78, 5) is 37.2. The molecule has 0 aliphatic carbocycles. The molecule has 0 atom stereocenters. The van der Waals surface area contributed by atoms with E-state index in [1.54, 1.807) is 6.92 Å². The van der Waals surface area contributed by atoms with Crippen molar-refractivity contribution in [3.8, 4) is 0 Å². The molecule has 0 spiro atoms. The van der Waals surface area contributed by atoms with Gasteiger partial charge in [0, 0.05) is 0 Å². The van der Waals surface area contributed by atoms with Crippen LogP contribution >= 0.6 is 0 Å². The van der Waals surface area contributed by atoms with Crippen molar-refractivity contribution in [3.63, 3.8) is 0 Å². The number of ether oxygens (including phenoxy) is 1. The van der Waals surface area contributed by atoms with Crippen LogP contribution in [0.15, 0.2) is 42.5 Å². The highest BCUT2D eigenvalue weighted by Crippen LogP contribution is 2.29. The van der Waals surface area contributed by atoms with Gasteiger partial charge in [-0.3, -0.25) is 9.59 Å². The minimum Gasteiger partial charge on any atom is -0.462 e. The summed E-state index contributed by atoms with van der Waals surface area (Å²) in [6, 6.07) is 9.36. The molecule has 5 nitrogen and oxygen atoms in total. The summed E-state index contributed by atoms with van der Waals surface area (Å²) >= 11 is 0. The van der Waals surface area contributed by atoms with E-state index in [1.807, 2.05) is 0 Å². The smallest absolute Gasteiger partial charge is 0.338 e. The molecule has 0 N–H and O–H groups in total. The number of fused-ring (bicyclic) bond motifs is 1. The number of hydrogen-bond donors (Lipinski definition) is 0. The molecule has 0 bridgehead atoms. The number of carbonyl (C=O) groups is 3. The highest BCUT2D eigenvalue weighted by molar-refractivity contribution is 6.34. The number of halogens is 1. The second kappa shape index (κ2) is 5.64. The summed E-state index contributed by atoms with van der Waals surface area (Å²) in [7, 11) is 0. The van der Waals surface area contributed by atoms with Crippen LogP contribution in [0.25, 0.3) is 0 Å². The summed E-state index contributed by atoms with van der Waals surface area (Å²) in [5.74, 6) is -2.17. The molecule has 3 rings (SSSR count). The standard InChI is InChI=1S/C17H12FNO4/c1-2-23-17(22)10-3-6-12(7-4-10)19-15(20)13-8-5-11(18)9-14(13)16(19)21/h3-9H,2H2,1H3. The minimum atomic E-state index is -0.589. The van der Waals surface area contributed by atoms with Gasteiger partial charge in [-0.05, 0) is 49.4 Å². The van der Waals surface area contributed by atoms with E-state index in [9.17, 15) is 18.8 Å². The van der Waals surface area contributed by atoms with Crippen LogP contribution < -0.4 is 4.90 Å². The molecule has 1 aliphatic heterocycles. The molecule has 1 aliphatic rings. The maximum absolute atomic E-state index is 13.3. The summed E-state index contributed by atoms with van der Waals surface area (Å²) in [5.41, 5.74) is 0.818. The molecule has 0 fully saturated rings. The van der Waals surface area contributed by atoms with E-state index in [0.717, 1.165) is 17.0 Å². The highest BCUT2D eigenvalue weighted by Gasteiger charge is 2.36. The van der Waals surface area contributed by atoms with Crippen LogP contribution in [0.4, 0.5) is 10.1 Å². The fourth-order valence-electron chi connectivity index (χ4n) is 2.41. The molecule has 0 saturated heterocycles. The van der Waals surface area contributed by atoms with Crippen LogP contribution in [-0.2, 0) is 4.74 Å². The summed E-state index contributed by atoms with van der Waals surface area (Å²) in [6.45, 7) is 1.95. The van der Waals surface area contributed by atoms with Crippen LogP contribution in [0.2, 0.25) is 0 Å². The number of amides is 2. The van der Waals surface area contributed by atoms with Crippen LogP contribution in [0.3, 0.4) is 0 Å². The van der Waals surface area contributed by atoms with Crippen molar-refractivity contribution in [2.24, 2.45) is 0 Å². The molecule has 2 aromatic carbocycles. The van der Waals surface area contributed by atoms with Crippen LogP contribution in [-0.4, -0.2) is 24.4 Å². The number of carbonyl (C=O) groups excluding carboxylic acids is 3. The van der Waals surface area contributed by atoms with Gasteiger partial charge in [0.15, 0.2) is 0 Å². The average molecular weight is 313 g/mol. The van der Waals surface area contributed by atoms with Crippen molar-refractivity contribution in [3.05, 3.63) is 65.0 Å². The van der Waals surface area contributed by atoms with E-state index >= 15 is 0 Å². The molecule has 2 aromatic rings. The van der Waals surface area contributed by atoms with Gasteiger partial charge in [-0.25, -0.2) is 14.1 Å². The van der Waals surface area contributed by atoms with Crippen molar-refractivity contribution >= 4 is 23.5 Å². The molecule has 0 radical (unpaired) electrons. The lowest BCUT2D eigenvalue weighted by Gasteiger charge is -2.14. The van der Waals surface area contributed by atoms with Gasteiger partial charge in [0.2, 0.25) is 0 Å². The summed E-state index contributed by atoms with van der Waals surface area (Å²) in [6.07, 6.45) is 0. The first kappa shape index (κ1) is 14.9. The fourth-order valence-corrected chi connectivity index (χ4v) is 2.41. The van der Waals surface area contributed by atoms with Crippen LogP contribution in [0, 0.1) is 5.82 Å². The molecule has 23 heavy (non-hydrogen) atoms. The first-order valence-electron chi connectivity index (χ1n) is 6.98. The molecular formula is C17H12FNO4. The third kappa shape index (κ3) is 2.48. The zero-order chi connectivity index (χ0) is 16.6. The molecule has 6 heteroatoms. The zero-order valence-electron chi connectivity index (χ0n) is 12.2. The summed E-state index contributed by atoms with van der Waals surface area (Å²) < 4.78 is 18.1. The molecule has 0 saturated carbocycles. The lowest BCUT2D eigenvalue weighted by atomic mass is 10.1. The molecule has 2 amide bonds. The Kier molecular flexibility index (Phi) is 3.65. The lowest BCUT2D eigenvalue weighted by Crippen LogP contribution is -2.29. The maximum atomic E-state index is 13.3. The van der Waals surface area contributed by atoms with Gasteiger partial charge < -0.3 is 4.74 Å². The van der Waals surface area contributed by atoms with E-state index < -0.39 is 23.6 Å². The highest BCUT2D eigenvalue weighted by atomic mass is 19.1. The van der Waals surface area contributed by atoms with E-state index in [0.29, 0.717) is 11.3 Å². The Morgan fingerprint density at radius 1 is 1.04 bits per heavy atom. The SMILES string of the molecule is CCOC(=O)c1ccc(N2C(=O)c3ccc(F)cc3C2=O)cc1. The number of imide groups is 1. The molecule has 116 valence electrons. The number of anilines is 1. The van der Waals surface area contributed by atoms with Gasteiger partial charge in [0.05, 0.1) is 29.0 Å². The van der Waals surface area contributed by atoms with Crippen LogP contribution in [0.1, 0.15) is 38.0 Å². The largest absolute Gasteiger partial charge is 0.462 e. The van der Waals surface area contributed by atoms with Gasteiger partial charge in [-0.2, -0.15) is 0 Å². The van der Waals surface area contributed by atoms with Crippen molar-refractivity contribution in [2.75, 3.05) is 11.5 Å². The first-order chi connectivity index (χ1) is 11.0. The fraction of sp³-hybridized carbons (Fsp3) is 0.118. The Balaban J connectivity index is 1.93. The van der Waals surface area contributed by atoms with Crippen molar-refractivity contribution in [1.82, 2.24) is 0 Å². The van der Waals surface area contributed by atoms with E-state index in [-0.39, 0.29) is 17.7 Å². The van der Waals surface area contributed by atoms with Gasteiger partial charge in [-0.15, -0.1) is 0 Å². The van der Waals surface area contributed by atoms with E-state index in [2.05, 4.69) is 0 Å². The van der Waals surface area contributed by atoms with Gasteiger partial charge in [-0.1, -0.05) is 0 Å². The Bertz CT molecular complexity index is 814. The lowest BCUT2D eigenvalue weighted by molar-refractivity contribution is 0.0526. The number of esters is 1. The number of rotatable bonds is 3. The van der Waals surface area contributed by atoms with Gasteiger partial charge in [0.25, 0.3) is 11.8 Å². The average Bonchev–Trinajstić information content (AvgIpc) is 2.79. The monoisotopic (exact) mass is 313 g/mol. The topological polar surface area (TPSA) is 63.7 Å².